The molecule has 0 radical (unpaired) electrons. The topological polar surface area (TPSA) is 0 Å². The zero-order valence-electron chi connectivity index (χ0n) is 17.6. The van der Waals surface area contributed by atoms with E-state index in [1.807, 2.05) is 0 Å². The van der Waals surface area contributed by atoms with Gasteiger partial charge in [0.15, 0.2) is 0 Å². The Morgan fingerprint density at radius 1 is 0.931 bits per heavy atom. The van der Waals surface area contributed by atoms with E-state index in [1.54, 1.807) is 0 Å². The summed E-state index contributed by atoms with van der Waals surface area (Å²) in [5.74, 6) is 0. The zero-order valence-corrected chi connectivity index (χ0v) is 23.3. The summed E-state index contributed by atoms with van der Waals surface area (Å²) in [4.78, 5) is 0. The van der Waals surface area contributed by atoms with Gasteiger partial charge in [-0.05, 0) is 0 Å². The first-order valence-corrected chi connectivity index (χ1v) is 15.7. The molecule has 0 saturated carbocycles. The number of rotatable bonds is 1. The van der Waals surface area contributed by atoms with Gasteiger partial charge in [0.25, 0.3) is 0 Å². The van der Waals surface area contributed by atoms with Gasteiger partial charge >= 0.3 is 52.1 Å². The number of hydrogen-bond donors (Lipinski definition) is 0. The van der Waals surface area contributed by atoms with E-state index in [1.165, 1.54) is 73.2 Å². The summed E-state index contributed by atoms with van der Waals surface area (Å²) in [5, 5.41) is 5.39. The Hall–Kier alpha value is -0.370. The molecule has 0 N–H and O–H groups in total. The average Bonchev–Trinajstić information content (AvgIpc) is 3.15. The molecule has 4 rings (SSSR count). The maximum atomic E-state index is 5.60. The van der Waals surface area contributed by atoms with Gasteiger partial charge in [0.1, 0.15) is 0 Å². The molecule has 4 aromatic rings. The van der Waals surface area contributed by atoms with Crippen molar-refractivity contribution in [3.8, 4) is 0 Å². The maximum absolute atomic E-state index is 5.60. The Morgan fingerprint density at radius 2 is 1.34 bits per heavy atom. The van der Waals surface area contributed by atoms with E-state index in [-0.39, 0.29) is 29.6 Å². The fraction of sp³-hybridized carbons (Fsp3) is 0.250. The van der Waals surface area contributed by atoms with Crippen LogP contribution in [0.5, 0.6) is 0 Å². The molecule has 5 heteroatoms. The number of halogens is 3. The van der Waals surface area contributed by atoms with E-state index in [9.17, 15) is 0 Å². The van der Waals surface area contributed by atoms with Gasteiger partial charge in [-0.1, -0.05) is 64.1 Å². The number of fused-ring (bicyclic) bond motifs is 3. The predicted molar refractivity (Wildman–Crippen MR) is 120 cm³/mol. The molecule has 4 aromatic carbocycles. The molecule has 0 heterocycles. The average molecular weight is 541 g/mol. The maximum Gasteiger partial charge on any atom is -0.0630 e. The largest absolute Gasteiger partial charge is 1.00 e. The van der Waals surface area contributed by atoms with E-state index < -0.39 is 0 Å². The number of aryl methyl sites for hydroxylation is 2. The Kier molecular flexibility index (Phi) is 13.7. The molecule has 0 saturated heterocycles. The second-order valence-corrected chi connectivity index (χ2v) is 16.5. The quantitative estimate of drug-likeness (QED) is 0.196. The summed E-state index contributed by atoms with van der Waals surface area (Å²) >= 11 is 7.14. The Bertz CT molecular complexity index is 974. The SMILES string of the molecule is CC[Si](Cl)=[Zr+2].Cc1c[c-](C)c(C)c1C.[Cl-].[Cl-].c1ccc2c(c1)[cH-]c1ccccc12. The van der Waals surface area contributed by atoms with E-state index in [0.29, 0.717) is 0 Å². The number of benzene rings is 2. The van der Waals surface area contributed by atoms with Crippen LogP contribution in [0, 0.1) is 27.7 Å². The number of hydrogen-bond acceptors (Lipinski definition) is 0. The smallest absolute Gasteiger partial charge is 0.0630 e. The standard InChI is InChI=1S/C13H9.C9H13.C2H5ClSi.2ClH.Zr/c1-3-7-12-10(5-1)9-11-6-2-4-8-13(11)12;1-6-5-7(2)9(4)8(6)3;1-2-4-3;;;/h1-9H;5H,1-4H3;2H2,1H3;2*1H;/q2*-1;;;;+2/p-2. The second-order valence-electron chi connectivity index (χ2n) is 6.84. The van der Waals surface area contributed by atoms with Crippen LogP contribution in [0.2, 0.25) is 6.04 Å². The molecule has 0 aliphatic heterocycles. The van der Waals surface area contributed by atoms with Crippen LogP contribution in [-0.4, -0.2) is 4.74 Å². The molecule has 0 amide bonds. The van der Waals surface area contributed by atoms with Crippen LogP contribution in [0.1, 0.15) is 29.2 Å². The summed E-state index contributed by atoms with van der Waals surface area (Å²) < 4.78 is -0.312. The van der Waals surface area contributed by atoms with Crippen LogP contribution in [0.25, 0.3) is 21.5 Å². The zero-order chi connectivity index (χ0) is 20.0. The van der Waals surface area contributed by atoms with Crippen molar-refractivity contribution in [2.45, 2.75) is 40.7 Å². The first-order chi connectivity index (χ1) is 12.8. The van der Waals surface area contributed by atoms with Crippen molar-refractivity contribution in [2.24, 2.45) is 0 Å². The molecule has 0 aliphatic rings. The minimum Gasteiger partial charge on any atom is -1.00 e. The molecule has 0 aliphatic carbocycles. The van der Waals surface area contributed by atoms with Gasteiger partial charge in [-0.15, -0.1) is 39.7 Å². The minimum atomic E-state index is -0.312. The van der Waals surface area contributed by atoms with Crippen molar-refractivity contribution < 1.29 is 48.1 Å². The third-order valence-electron chi connectivity index (χ3n) is 5.01. The van der Waals surface area contributed by atoms with Crippen molar-refractivity contribution in [3.63, 3.8) is 0 Å². The van der Waals surface area contributed by atoms with Crippen molar-refractivity contribution in [1.82, 2.24) is 0 Å². The van der Waals surface area contributed by atoms with Gasteiger partial charge in [-0.2, -0.15) is 28.3 Å². The molecule has 0 bridgehead atoms. The summed E-state index contributed by atoms with van der Waals surface area (Å²) in [6.45, 7) is 10.8. The third-order valence-corrected chi connectivity index (χ3v) is 9.04. The van der Waals surface area contributed by atoms with Crippen molar-refractivity contribution >= 4 is 37.4 Å². The molecular formula is C24H27Cl3SiZr-2. The van der Waals surface area contributed by atoms with Gasteiger partial charge in [0, 0.05) is 0 Å². The van der Waals surface area contributed by atoms with Gasteiger partial charge in [0.05, 0.1) is 0 Å². The van der Waals surface area contributed by atoms with Crippen LogP contribution in [-0.2, 0) is 23.3 Å². The monoisotopic (exact) mass is 538 g/mol. The molecule has 0 spiro atoms. The van der Waals surface area contributed by atoms with E-state index in [0.717, 1.165) is 0 Å². The first-order valence-electron chi connectivity index (χ1n) is 9.31. The van der Waals surface area contributed by atoms with Crippen LogP contribution >= 0.6 is 11.1 Å². The van der Waals surface area contributed by atoms with Crippen LogP contribution < -0.4 is 24.8 Å². The summed E-state index contributed by atoms with van der Waals surface area (Å²) in [6, 6.07) is 22.7. The van der Waals surface area contributed by atoms with E-state index >= 15 is 0 Å². The predicted octanol–water partition coefficient (Wildman–Crippen LogP) is 1.64. The second kappa shape index (κ2) is 13.8. The van der Waals surface area contributed by atoms with Gasteiger partial charge in [0.2, 0.25) is 0 Å². The normalized spacial score (nSPS) is 9.52. The fourth-order valence-electron chi connectivity index (χ4n) is 3.04. The van der Waals surface area contributed by atoms with Crippen molar-refractivity contribution in [1.29, 1.82) is 0 Å². The van der Waals surface area contributed by atoms with Gasteiger partial charge < -0.3 is 24.8 Å². The third kappa shape index (κ3) is 8.00. The van der Waals surface area contributed by atoms with Crippen molar-refractivity contribution in [3.05, 3.63) is 82.9 Å². The molecule has 0 atom stereocenters. The molecule has 154 valence electrons. The van der Waals surface area contributed by atoms with E-state index in [4.69, 9.17) is 11.1 Å². The van der Waals surface area contributed by atoms with Crippen LogP contribution in [0.15, 0.2) is 60.7 Å². The van der Waals surface area contributed by atoms with Crippen LogP contribution in [0.4, 0.5) is 0 Å². The van der Waals surface area contributed by atoms with Crippen LogP contribution in [0.3, 0.4) is 0 Å². The molecule has 0 unspecified atom stereocenters. The van der Waals surface area contributed by atoms with Gasteiger partial charge in [-0.3, -0.25) is 0 Å². The van der Waals surface area contributed by atoms with E-state index in [2.05, 4.69) is 95.3 Å². The Balaban J connectivity index is 0.000000435. The summed E-state index contributed by atoms with van der Waals surface area (Å²) in [5.41, 5.74) is 5.75. The molecule has 29 heavy (non-hydrogen) atoms. The molecule has 0 fully saturated rings. The molecule has 0 nitrogen and oxygen atoms in total. The Morgan fingerprint density at radius 3 is 1.62 bits per heavy atom. The Labute approximate surface area is 207 Å². The summed E-state index contributed by atoms with van der Waals surface area (Å²) in [6.07, 6.45) is 0. The first kappa shape index (κ1) is 28.6. The fourth-order valence-corrected chi connectivity index (χ4v) is 3.04. The molecule has 0 aromatic heterocycles. The van der Waals surface area contributed by atoms with Gasteiger partial charge in [-0.25, -0.2) is 0 Å². The minimum absolute atomic E-state index is 0. The molecular weight excluding hydrogens is 514 g/mol. The summed E-state index contributed by atoms with van der Waals surface area (Å²) in [7, 11) is 0. The van der Waals surface area contributed by atoms with Crippen molar-refractivity contribution in [2.75, 3.05) is 0 Å².